The molecule has 0 unspecified atom stereocenters. The van der Waals surface area contributed by atoms with E-state index in [-0.39, 0.29) is 5.35 Å². The lowest BCUT2D eigenvalue weighted by molar-refractivity contribution is 0.605. The first-order chi connectivity index (χ1) is 8.74. The standard InChI is InChI=1S/C13H5Cl2NOS/c14-11-10-6-3-1-2-4-8(6)18-9(10)5-7-12(11)16-13(15)17-7/h1-5H. The number of halogens is 2. The molecule has 5 heteroatoms. The summed E-state index contributed by atoms with van der Waals surface area (Å²) in [5.41, 5.74) is 1.25. The Morgan fingerprint density at radius 2 is 1.94 bits per heavy atom. The van der Waals surface area contributed by atoms with Gasteiger partial charge < -0.3 is 4.42 Å². The van der Waals surface area contributed by atoms with Crippen LogP contribution >= 0.6 is 34.5 Å². The summed E-state index contributed by atoms with van der Waals surface area (Å²) in [6.07, 6.45) is 0. The molecule has 88 valence electrons. The number of nitrogens with zero attached hydrogens (tertiary/aromatic N) is 1. The minimum absolute atomic E-state index is 0.119. The molecule has 4 rings (SSSR count). The van der Waals surface area contributed by atoms with Gasteiger partial charge in [0.05, 0.1) is 5.02 Å². The van der Waals surface area contributed by atoms with Gasteiger partial charge in [-0.2, -0.15) is 4.98 Å². The summed E-state index contributed by atoms with van der Waals surface area (Å²) >= 11 is 13.9. The second-order valence-corrected chi connectivity index (χ2v) is 5.76. The molecule has 0 atom stereocenters. The van der Waals surface area contributed by atoms with Crippen LogP contribution in [0.15, 0.2) is 34.7 Å². The van der Waals surface area contributed by atoms with Gasteiger partial charge in [0, 0.05) is 26.2 Å². The quantitative estimate of drug-likeness (QED) is 0.428. The molecule has 4 aromatic rings. The molecule has 2 heterocycles. The number of rotatable bonds is 0. The Labute approximate surface area is 116 Å². The van der Waals surface area contributed by atoms with E-state index in [4.69, 9.17) is 27.6 Å². The summed E-state index contributed by atoms with van der Waals surface area (Å²) in [6, 6.07) is 10.1. The van der Waals surface area contributed by atoms with Crippen LogP contribution < -0.4 is 0 Å². The van der Waals surface area contributed by atoms with Crippen molar-refractivity contribution in [2.24, 2.45) is 0 Å². The van der Waals surface area contributed by atoms with Crippen molar-refractivity contribution in [3.8, 4) is 0 Å². The molecule has 0 saturated heterocycles. The van der Waals surface area contributed by atoms with Crippen molar-refractivity contribution in [1.82, 2.24) is 4.98 Å². The third-order valence-corrected chi connectivity index (χ3v) is 4.59. The van der Waals surface area contributed by atoms with Crippen LogP contribution in [-0.2, 0) is 0 Å². The van der Waals surface area contributed by atoms with Gasteiger partial charge in [-0.05, 0) is 17.7 Å². The van der Waals surface area contributed by atoms with Crippen LogP contribution in [-0.4, -0.2) is 4.98 Å². The van der Waals surface area contributed by atoms with E-state index in [2.05, 4.69) is 17.1 Å². The summed E-state index contributed by atoms with van der Waals surface area (Å²) in [7, 11) is 0. The van der Waals surface area contributed by atoms with E-state index in [9.17, 15) is 0 Å². The molecule has 0 N–H and O–H groups in total. The fourth-order valence-electron chi connectivity index (χ4n) is 2.19. The van der Waals surface area contributed by atoms with Crippen LogP contribution in [0.2, 0.25) is 10.4 Å². The fraction of sp³-hybridized carbons (Fsp3) is 0. The zero-order valence-corrected chi connectivity index (χ0v) is 11.2. The smallest absolute Gasteiger partial charge is 0.293 e. The summed E-state index contributed by atoms with van der Waals surface area (Å²) < 4.78 is 7.62. The van der Waals surface area contributed by atoms with Crippen LogP contribution in [0.5, 0.6) is 0 Å². The highest BCUT2D eigenvalue weighted by Crippen LogP contribution is 2.42. The van der Waals surface area contributed by atoms with Gasteiger partial charge in [0.25, 0.3) is 5.35 Å². The first-order valence-electron chi connectivity index (χ1n) is 5.30. The van der Waals surface area contributed by atoms with Gasteiger partial charge in [0.2, 0.25) is 0 Å². The van der Waals surface area contributed by atoms with Crippen LogP contribution in [0.25, 0.3) is 31.3 Å². The minimum atomic E-state index is 0.119. The largest absolute Gasteiger partial charge is 0.427 e. The van der Waals surface area contributed by atoms with E-state index in [1.165, 1.54) is 4.70 Å². The highest BCUT2D eigenvalue weighted by Gasteiger charge is 2.15. The number of thiophene rings is 1. The Kier molecular flexibility index (Phi) is 2.13. The zero-order chi connectivity index (χ0) is 12.3. The molecular formula is C13H5Cl2NOS. The lowest BCUT2D eigenvalue weighted by Crippen LogP contribution is -1.73. The second-order valence-electron chi connectivity index (χ2n) is 3.98. The van der Waals surface area contributed by atoms with Crippen molar-refractivity contribution < 1.29 is 4.42 Å². The third kappa shape index (κ3) is 1.32. The van der Waals surface area contributed by atoms with Crippen LogP contribution in [0.4, 0.5) is 0 Å². The lowest BCUT2D eigenvalue weighted by Gasteiger charge is -1.95. The SMILES string of the molecule is Clc1nc2c(Cl)c3c(cc2o1)sc1ccccc13. The highest BCUT2D eigenvalue weighted by molar-refractivity contribution is 7.26. The van der Waals surface area contributed by atoms with Gasteiger partial charge in [-0.25, -0.2) is 0 Å². The number of fused-ring (bicyclic) bond motifs is 4. The number of hydrogen-bond donors (Lipinski definition) is 0. The molecule has 0 saturated carbocycles. The molecular weight excluding hydrogens is 289 g/mol. The lowest BCUT2D eigenvalue weighted by atomic mass is 10.1. The zero-order valence-electron chi connectivity index (χ0n) is 8.91. The van der Waals surface area contributed by atoms with Crippen molar-refractivity contribution >= 4 is 65.8 Å². The van der Waals surface area contributed by atoms with E-state index in [1.54, 1.807) is 11.3 Å². The molecule has 2 aromatic heterocycles. The Balaban J connectivity index is 2.32. The Morgan fingerprint density at radius 1 is 1.11 bits per heavy atom. The molecule has 2 nitrogen and oxygen atoms in total. The van der Waals surface area contributed by atoms with Crippen LogP contribution in [0, 0.1) is 0 Å². The monoisotopic (exact) mass is 293 g/mol. The van der Waals surface area contributed by atoms with Gasteiger partial charge >= 0.3 is 0 Å². The van der Waals surface area contributed by atoms with Crippen LogP contribution in [0.1, 0.15) is 0 Å². The molecule has 0 amide bonds. The van der Waals surface area contributed by atoms with Gasteiger partial charge in [0.1, 0.15) is 5.52 Å². The number of benzene rings is 2. The first kappa shape index (κ1) is 10.6. The maximum atomic E-state index is 6.43. The molecule has 0 aliphatic rings. The average Bonchev–Trinajstić information content (AvgIpc) is 2.89. The predicted octanol–water partition coefficient (Wildman–Crippen LogP) is 5.50. The van der Waals surface area contributed by atoms with Gasteiger partial charge in [-0.15, -0.1) is 11.3 Å². The highest BCUT2D eigenvalue weighted by atomic mass is 35.5. The molecule has 0 bridgehead atoms. The van der Waals surface area contributed by atoms with E-state index in [0.29, 0.717) is 16.1 Å². The number of hydrogen-bond acceptors (Lipinski definition) is 3. The predicted molar refractivity (Wildman–Crippen MR) is 76.9 cm³/mol. The molecule has 0 spiro atoms. The van der Waals surface area contributed by atoms with Gasteiger partial charge in [-0.1, -0.05) is 29.8 Å². The van der Waals surface area contributed by atoms with Crippen molar-refractivity contribution in [2.75, 3.05) is 0 Å². The van der Waals surface area contributed by atoms with E-state index in [0.717, 1.165) is 15.5 Å². The van der Waals surface area contributed by atoms with Gasteiger partial charge in [0.15, 0.2) is 5.58 Å². The first-order valence-corrected chi connectivity index (χ1v) is 6.87. The Hall–Kier alpha value is -1.29. The van der Waals surface area contributed by atoms with Crippen molar-refractivity contribution in [1.29, 1.82) is 0 Å². The molecule has 0 aliphatic heterocycles. The Bertz CT molecular complexity index is 909. The second kappa shape index (κ2) is 3.60. The third-order valence-electron chi connectivity index (χ3n) is 2.94. The normalized spacial score (nSPS) is 11.9. The van der Waals surface area contributed by atoms with Gasteiger partial charge in [-0.3, -0.25) is 0 Å². The molecule has 0 aliphatic carbocycles. The number of aromatic nitrogens is 1. The number of oxazole rings is 1. The maximum absolute atomic E-state index is 6.43. The molecule has 0 fully saturated rings. The molecule has 0 radical (unpaired) electrons. The van der Waals surface area contributed by atoms with E-state index < -0.39 is 0 Å². The maximum Gasteiger partial charge on any atom is 0.293 e. The van der Waals surface area contributed by atoms with Crippen LogP contribution in [0.3, 0.4) is 0 Å². The fourth-order valence-corrected chi connectivity index (χ4v) is 3.90. The minimum Gasteiger partial charge on any atom is -0.427 e. The van der Waals surface area contributed by atoms with Crippen molar-refractivity contribution in [2.45, 2.75) is 0 Å². The summed E-state index contributed by atoms with van der Waals surface area (Å²) in [5.74, 6) is 0. The summed E-state index contributed by atoms with van der Waals surface area (Å²) in [4.78, 5) is 4.12. The average molecular weight is 294 g/mol. The van der Waals surface area contributed by atoms with E-state index >= 15 is 0 Å². The summed E-state index contributed by atoms with van der Waals surface area (Å²) in [6.45, 7) is 0. The van der Waals surface area contributed by atoms with Crippen molar-refractivity contribution in [3.05, 3.63) is 40.7 Å². The summed E-state index contributed by atoms with van der Waals surface area (Å²) in [5, 5.41) is 2.89. The topological polar surface area (TPSA) is 26.0 Å². The van der Waals surface area contributed by atoms with Crippen molar-refractivity contribution in [3.63, 3.8) is 0 Å². The van der Waals surface area contributed by atoms with E-state index in [1.807, 2.05) is 18.2 Å². The molecule has 2 aromatic carbocycles. The Morgan fingerprint density at radius 3 is 2.83 bits per heavy atom. The molecule has 18 heavy (non-hydrogen) atoms.